The number of hydrogen-bond acceptors (Lipinski definition) is 12. The number of benzene rings is 5. The standard InChI is InChI=1S/C63H69N3O9/c1-43(2)53-40-65-58(51(53)38-50-29-28-45(37-44(50)3)19-16-17-35-66-36-18-30-63(42-66)31-33-64-34-32-63)75-62-52(39-54(67)46-20-8-4-9-21-46)56(73-60(69)48-24-12-6-13-25-48)57(74-61(70)49-26-14-7-15-27-49)55(72-62)41-71-59(68)47-22-10-5-11-23-47/h4-16,19-29,37,43,52,55-57,62,64H,17-18,30-36,38-42H2,1-3H3/b19-16+/t52-,55-,56-,57-,62+/m1/s1. The number of likely N-dealkylation sites (tertiary alicyclic amines) is 1. The molecule has 12 nitrogen and oxygen atoms in total. The second kappa shape index (κ2) is 25.0. The summed E-state index contributed by atoms with van der Waals surface area (Å²) in [4.78, 5) is 64.1. The van der Waals surface area contributed by atoms with E-state index in [9.17, 15) is 19.2 Å². The highest BCUT2D eigenvalue weighted by Gasteiger charge is 2.53. The second-order valence-corrected chi connectivity index (χ2v) is 20.7. The van der Waals surface area contributed by atoms with E-state index in [-0.39, 0.29) is 29.2 Å². The summed E-state index contributed by atoms with van der Waals surface area (Å²) in [5.41, 5.74) is 7.02. The minimum Gasteiger partial charge on any atom is -0.459 e. The van der Waals surface area contributed by atoms with Crippen LogP contribution in [0.1, 0.15) is 110 Å². The van der Waals surface area contributed by atoms with Crippen LogP contribution in [0.15, 0.2) is 162 Å². The van der Waals surface area contributed by atoms with Crippen molar-refractivity contribution in [3.8, 4) is 0 Å². The van der Waals surface area contributed by atoms with Crippen molar-refractivity contribution in [1.82, 2.24) is 10.2 Å². The maximum Gasteiger partial charge on any atom is 0.338 e. The summed E-state index contributed by atoms with van der Waals surface area (Å²) in [6, 6.07) is 40.7. The molecule has 3 saturated heterocycles. The number of aliphatic imine (C=N–C) groups is 1. The molecule has 1 spiro atoms. The quantitative estimate of drug-likeness (QED) is 0.0509. The Labute approximate surface area is 441 Å². The highest BCUT2D eigenvalue weighted by atomic mass is 16.7. The van der Waals surface area contributed by atoms with Crippen molar-refractivity contribution in [2.45, 2.75) is 90.3 Å². The molecule has 0 bridgehead atoms. The van der Waals surface area contributed by atoms with Crippen LogP contribution in [0.5, 0.6) is 0 Å². The number of ketones is 1. The lowest BCUT2D eigenvalue weighted by molar-refractivity contribution is -0.262. The van der Waals surface area contributed by atoms with Crippen molar-refractivity contribution < 1.29 is 42.9 Å². The minimum atomic E-state index is -1.39. The van der Waals surface area contributed by atoms with Gasteiger partial charge in [0.1, 0.15) is 12.7 Å². The highest BCUT2D eigenvalue weighted by Crippen LogP contribution is 2.40. The predicted molar refractivity (Wildman–Crippen MR) is 290 cm³/mol. The molecule has 1 N–H and O–H groups in total. The smallest absolute Gasteiger partial charge is 0.338 e. The van der Waals surface area contributed by atoms with E-state index < -0.39 is 55.0 Å². The number of carbonyl (C=O) groups is 4. The molecule has 0 aromatic heterocycles. The Kier molecular flexibility index (Phi) is 17.6. The molecule has 75 heavy (non-hydrogen) atoms. The number of hydrogen-bond donors (Lipinski definition) is 1. The molecule has 3 fully saturated rings. The van der Waals surface area contributed by atoms with Crippen LogP contribution in [0.4, 0.5) is 0 Å². The molecule has 5 aromatic carbocycles. The van der Waals surface area contributed by atoms with E-state index >= 15 is 0 Å². The molecule has 390 valence electrons. The molecule has 0 radical (unpaired) electrons. The number of carbonyl (C=O) groups excluding carboxylic acids is 4. The summed E-state index contributed by atoms with van der Waals surface area (Å²) in [5, 5.41) is 3.54. The van der Waals surface area contributed by atoms with Crippen molar-refractivity contribution in [3.63, 3.8) is 0 Å². The third-order valence-electron chi connectivity index (χ3n) is 15.2. The van der Waals surface area contributed by atoms with Crippen molar-refractivity contribution in [3.05, 3.63) is 196 Å². The van der Waals surface area contributed by atoms with E-state index in [2.05, 4.69) is 61.3 Å². The Morgan fingerprint density at radius 1 is 0.760 bits per heavy atom. The van der Waals surface area contributed by atoms with Crippen molar-refractivity contribution >= 4 is 35.7 Å². The van der Waals surface area contributed by atoms with Crippen LogP contribution >= 0.6 is 0 Å². The van der Waals surface area contributed by atoms with Gasteiger partial charge in [0.15, 0.2) is 18.0 Å². The number of ether oxygens (including phenoxy) is 5. The highest BCUT2D eigenvalue weighted by molar-refractivity contribution is 5.98. The predicted octanol–water partition coefficient (Wildman–Crippen LogP) is 10.7. The first-order valence-corrected chi connectivity index (χ1v) is 26.6. The Morgan fingerprint density at radius 3 is 1.97 bits per heavy atom. The third-order valence-corrected chi connectivity index (χ3v) is 15.2. The van der Waals surface area contributed by atoms with Crippen molar-refractivity contribution in [2.24, 2.45) is 22.2 Å². The summed E-state index contributed by atoms with van der Waals surface area (Å²) in [5.74, 6) is -3.00. The zero-order chi connectivity index (χ0) is 52.2. The number of esters is 3. The summed E-state index contributed by atoms with van der Waals surface area (Å²) >= 11 is 0. The summed E-state index contributed by atoms with van der Waals surface area (Å²) in [7, 11) is 0. The summed E-state index contributed by atoms with van der Waals surface area (Å²) in [6.07, 6.45) is 5.66. The number of nitrogens with zero attached hydrogens (tertiary/aromatic N) is 2. The molecule has 4 heterocycles. The third kappa shape index (κ3) is 13.5. The van der Waals surface area contributed by atoms with E-state index in [1.807, 2.05) is 6.07 Å². The van der Waals surface area contributed by atoms with Gasteiger partial charge in [-0.25, -0.2) is 19.4 Å². The first kappa shape index (κ1) is 52.9. The van der Waals surface area contributed by atoms with Crippen LogP contribution < -0.4 is 5.32 Å². The fraction of sp³-hybridized carbons (Fsp3) is 0.381. The molecule has 5 aromatic rings. The van der Waals surface area contributed by atoms with E-state index in [1.54, 1.807) is 115 Å². The monoisotopic (exact) mass is 1010 g/mol. The number of rotatable bonds is 18. The van der Waals surface area contributed by atoms with Gasteiger partial charge in [-0.15, -0.1) is 0 Å². The van der Waals surface area contributed by atoms with Gasteiger partial charge in [0, 0.05) is 37.1 Å². The minimum absolute atomic E-state index is 0.117. The number of Topliss-reactive ketones (excluding diaryl/α,β-unsaturated/α-hetero) is 1. The van der Waals surface area contributed by atoms with Crippen molar-refractivity contribution in [1.29, 1.82) is 0 Å². The lowest BCUT2D eigenvalue weighted by Crippen LogP contribution is -2.60. The zero-order valence-electron chi connectivity index (χ0n) is 43.4. The Hall–Kier alpha value is -6.99. The molecule has 0 amide bonds. The summed E-state index contributed by atoms with van der Waals surface area (Å²) < 4.78 is 32.5. The van der Waals surface area contributed by atoms with E-state index in [4.69, 9.17) is 28.7 Å². The molecule has 0 unspecified atom stereocenters. The molecule has 0 saturated carbocycles. The lowest BCUT2D eigenvalue weighted by atomic mass is 9.73. The van der Waals surface area contributed by atoms with Gasteiger partial charge in [-0.3, -0.25) is 4.79 Å². The second-order valence-electron chi connectivity index (χ2n) is 20.7. The van der Waals surface area contributed by atoms with Crippen LogP contribution in [0.25, 0.3) is 6.08 Å². The molecule has 9 rings (SSSR count). The molecule has 4 aliphatic heterocycles. The number of piperidine rings is 2. The van der Waals surface area contributed by atoms with Crippen LogP contribution in [0.3, 0.4) is 0 Å². The van der Waals surface area contributed by atoms with Crippen molar-refractivity contribution in [2.75, 3.05) is 45.9 Å². The van der Waals surface area contributed by atoms with Gasteiger partial charge in [0.25, 0.3) is 0 Å². The van der Waals surface area contributed by atoms with Crippen LogP contribution in [-0.2, 0) is 30.1 Å². The molecule has 0 aliphatic carbocycles. The van der Waals surface area contributed by atoms with E-state index in [0.717, 1.165) is 53.9 Å². The topological polar surface area (TPSA) is 142 Å². The Morgan fingerprint density at radius 2 is 1.36 bits per heavy atom. The average Bonchev–Trinajstić information content (AvgIpc) is 3.84. The molecule has 12 heteroatoms. The normalized spacial score (nSPS) is 21.7. The van der Waals surface area contributed by atoms with Gasteiger partial charge >= 0.3 is 17.9 Å². The van der Waals surface area contributed by atoms with Gasteiger partial charge in [0.2, 0.25) is 12.2 Å². The van der Waals surface area contributed by atoms with Gasteiger partial charge in [0.05, 0.1) is 29.2 Å². The maximum atomic E-state index is 14.4. The number of nitrogens with one attached hydrogen (secondary N) is 1. The van der Waals surface area contributed by atoms with Crippen LogP contribution in [0, 0.1) is 24.2 Å². The van der Waals surface area contributed by atoms with Gasteiger partial charge < -0.3 is 33.9 Å². The fourth-order valence-corrected chi connectivity index (χ4v) is 11.0. The molecule has 4 aliphatic rings. The van der Waals surface area contributed by atoms with Gasteiger partial charge in [-0.1, -0.05) is 129 Å². The zero-order valence-corrected chi connectivity index (χ0v) is 43.4. The lowest BCUT2D eigenvalue weighted by Gasteiger charge is -2.45. The first-order chi connectivity index (χ1) is 36.5. The molecular formula is C63H69N3O9. The van der Waals surface area contributed by atoms with Crippen LogP contribution in [0.2, 0.25) is 0 Å². The largest absolute Gasteiger partial charge is 0.459 e. The Balaban J connectivity index is 1.01. The van der Waals surface area contributed by atoms with Crippen LogP contribution in [-0.4, -0.2) is 105 Å². The first-order valence-electron chi connectivity index (χ1n) is 26.6. The average molecular weight is 1010 g/mol. The van der Waals surface area contributed by atoms with E-state index in [1.165, 1.54) is 38.8 Å². The maximum absolute atomic E-state index is 14.4. The molecule has 5 atom stereocenters. The summed E-state index contributed by atoms with van der Waals surface area (Å²) in [6.45, 7) is 12.1. The number of aryl methyl sites for hydroxylation is 1. The SMILES string of the molecule is Cc1cc(/C=C/CCN2CCCC3(CCNCC3)C2)ccc1CC1=C(C(C)C)CN=C1O[C@@H]1O[C@H](COC(=O)c2ccccc2)[C@@H](OC(=O)c2ccccc2)[C@H](OC(=O)c2ccccc2)[C@H]1CC(=O)c1ccccc1. The Bertz CT molecular complexity index is 2840. The van der Waals surface area contributed by atoms with Gasteiger partial charge in [-0.2, -0.15) is 0 Å². The van der Waals surface area contributed by atoms with Gasteiger partial charge in [-0.05, 0) is 129 Å². The molecular weight excluding hydrogens is 943 g/mol. The fourth-order valence-electron chi connectivity index (χ4n) is 11.0. The van der Waals surface area contributed by atoms with E-state index in [0.29, 0.717) is 35.4 Å².